The second-order valence-electron chi connectivity index (χ2n) is 10.7. The SMILES string of the molecule is O=C(NCc1cccnc1)Nc1ccc(OCCc2ccccc2-c2ccccc2C(=O)NCCN2CCCCC2)cc1. The van der Waals surface area contributed by atoms with E-state index in [9.17, 15) is 9.59 Å². The molecule has 43 heavy (non-hydrogen) atoms. The Hall–Kier alpha value is -4.69. The minimum Gasteiger partial charge on any atom is -0.493 e. The molecule has 0 aliphatic carbocycles. The van der Waals surface area contributed by atoms with E-state index in [4.69, 9.17) is 4.74 Å². The van der Waals surface area contributed by atoms with E-state index in [1.807, 2.05) is 72.8 Å². The number of nitrogens with one attached hydrogen (secondary N) is 3. The molecule has 0 atom stereocenters. The number of rotatable bonds is 12. The van der Waals surface area contributed by atoms with Gasteiger partial charge in [0, 0.05) is 49.7 Å². The van der Waals surface area contributed by atoms with Crippen LogP contribution in [-0.4, -0.2) is 54.6 Å². The van der Waals surface area contributed by atoms with Gasteiger partial charge in [0.15, 0.2) is 0 Å². The Balaban J connectivity index is 1.13. The quantitative estimate of drug-likeness (QED) is 0.195. The van der Waals surface area contributed by atoms with E-state index in [-0.39, 0.29) is 11.9 Å². The predicted octanol–water partition coefficient (Wildman–Crippen LogP) is 5.91. The van der Waals surface area contributed by atoms with Crippen LogP contribution in [0.1, 0.15) is 40.7 Å². The van der Waals surface area contributed by atoms with Crippen LogP contribution in [0.15, 0.2) is 97.3 Å². The van der Waals surface area contributed by atoms with Crippen LogP contribution in [0.3, 0.4) is 0 Å². The topological polar surface area (TPSA) is 95.6 Å². The molecule has 0 unspecified atom stereocenters. The molecular weight excluding hydrogens is 538 g/mol. The Morgan fingerprint density at radius 1 is 0.814 bits per heavy atom. The van der Waals surface area contributed by atoms with Crippen LogP contribution < -0.4 is 20.7 Å². The van der Waals surface area contributed by atoms with Gasteiger partial charge in [0.25, 0.3) is 5.91 Å². The summed E-state index contributed by atoms with van der Waals surface area (Å²) in [5.74, 6) is 0.672. The highest BCUT2D eigenvalue weighted by Crippen LogP contribution is 2.28. The molecule has 222 valence electrons. The van der Waals surface area contributed by atoms with Gasteiger partial charge in [0.05, 0.1) is 6.61 Å². The largest absolute Gasteiger partial charge is 0.493 e. The zero-order chi connectivity index (χ0) is 29.7. The number of hydrogen-bond acceptors (Lipinski definition) is 5. The lowest BCUT2D eigenvalue weighted by Gasteiger charge is -2.26. The normalized spacial score (nSPS) is 13.2. The van der Waals surface area contributed by atoms with E-state index in [1.54, 1.807) is 12.4 Å². The average Bonchev–Trinajstić information content (AvgIpc) is 3.06. The van der Waals surface area contributed by atoms with E-state index in [1.165, 1.54) is 19.3 Å². The van der Waals surface area contributed by atoms with Crippen LogP contribution in [0.5, 0.6) is 5.75 Å². The van der Waals surface area contributed by atoms with Gasteiger partial charge in [-0.25, -0.2) is 4.79 Å². The first-order chi connectivity index (χ1) is 21.2. The van der Waals surface area contributed by atoms with Gasteiger partial charge in [0.1, 0.15) is 5.75 Å². The number of benzene rings is 3. The molecule has 3 aromatic carbocycles. The first kappa shape index (κ1) is 29.8. The van der Waals surface area contributed by atoms with E-state index >= 15 is 0 Å². The monoisotopic (exact) mass is 577 g/mol. The summed E-state index contributed by atoms with van der Waals surface area (Å²) in [6, 6.07) is 26.7. The Labute approximate surface area is 253 Å². The van der Waals surface area contributed by atoms with Crippen LogP contribution in [0.4, 0.5) is 10.5 Å². The van der Waals surface area contributed by atoms with E-state index < -0.39 is 0 Å². The van der Waals surface area contributed by atoms with Crippen molar-refractivity contribution < 1.29 is 14.3 Å². The summed E-state index contributed by atoms with van der Waals surface area (Å²) in [5, 5.41) is 8.78. The van der Waals surface area contributed by atoms with Crippen molar-refractivity contribution >= 4 is 17.6 Å². The minimum atomic E-state index is -0.287. The first-order valence-electron chi connectivity index (χ1n) is 15.0. The highest BCUT2D eigenvalue weighted by atomic mass is 16.5. The Bertz CT molecular complexity index is 1470. The number of urea groups is 1. The number of amides is 3. The molecule has 8 nitrogen and oxygen atoms in total. The third-order valence-electron chi connectivity index (χ3n) is 7.57. The molecule has 2 heterocycles. The molecule has 1 aromatic heterocycles. The summed E-state index contributed by atoms with van der Waals surface area (Å²) >= 11 is 0. The number of ether oxygens (including phenoxy) is 1. The van der Waals surface area contributed by atoms with Crippen molar-refractivity contribution in [2.45, 2.75) is 32.2 Å². The van der Waals surface area contributed by atoms with Crippen LogP contribution in [0.25, 0.3) is 11.1 Å². The van der Waals surface area contributed by atoms with Crippen molar-refractivity contribution in [1.82, 2.24) is 20.5 Å². The molecule has 4 aromatic rings. The van der Waals surface area contributed by atoms with Gasteiger partial charge < -0.3 is 25.6 Å². The third-order valence-corrected chi connectivity index (χ3v) is 7.57. The third kappa shape index (κ3) is 8.90. The van der Waals surface area contributed by atoms with Gasteiger partial charge >= 0.3 is 6.03 Å². The summed E-state index contributed by atoms with van der Waals surface area (Å²) < 4.78 is 6.04. The van der Waals surface area contributed by atoms with Crippen molar-refractivity contribution in [3.8, 4) is 16.9 Å². The predicted molar refractivity (Wildman–Crippen MR) is 170 cm³/mol. The molecule has 0 spiro atoms. The van der Waals surface area contributed by atoms with Crippen molar-refractivity contribution in [3.63, 3.8) is 0 Å². The molecule has 1 aliphatic heterocycles. The molecule has 1 fully saturated rings. The molecule has 1 saturated heterocycles. The summed E-state index contributed by atoms with van der Waals surface area (Å²) in [7, 11) is 0. The van der Waals surface area contributed by atoms with Crippen LogP contribution in [-0.2, 0) is 13.0 Å². The summed E-state index contributed by atoms with van der Waals surface area (Å²) in [5.41, 5.74) is 5.35. The van der Waals surface area contributed by atoms with Gasteiger partial charge in [-0.15, -0.1) is 0 Å². The molecule has 1 aliphatic rings. The van der Waals surface area contributed by atoms with E-state index in [2.05, 4.69) is 38.0 Å². The number of carbonyl (C=O) groups excluding carboxylic acids is 2. The number of aromatic nitrogens is 1. The maximum Gasteiger partial charge on any atom is 0.319 e. The summed E-state index contributed by atoms with van der Waals surface area (Å²) in [6.07, 6.45) is 7.89. The standard InChI is InChI=1S/C35H39N5O3/c41-34(37-20-23-40-21-6-1-7-22-40)33-13-5-4-12-32(33)31-11-3-2-10-28(31)18-24-43-30-16-14-29(15-17-30)39-35(42)38-26-27-9-8-19-36-25-27/h2-5,8-17,19,25H,1,6-7,18,20-24,26H2,(H,37,41)(H2,38,39,42). The van der Waals surface area contributed by atoms with E-state index in [0.717, 1.165) is 41.9 Å². The maximum absolute atomic E-state index is 13.2. The molecule has 0 bridgehead atoms. The van der Waals surface area contributed by atoms with Crippen LogP contribution in [0.2, 0.25) is 0 Å². The van der Waals surface area contributed by atoms with Crippen LogP contribution in [0, 0.1) is 0 Å². The Morgan fingerprint density at radius 3 is 2.37 bits per heavy atom. The van der Waals surface area contributed by atoms with Crippen molar-refractivity contribution in [1.29, 1.82) is 0 Å². The smallest absolute Gasteiger partial charge is 0.319 e. The summed E-state index contributed by atoms with van der Waals surface area (Å²) in [4.78, 5) is 31.9. The van der Waals surface area contributed by atoms with E-state index in [0.29, 0.717) is 43.1 Å². The van der Waals surface area contributed by atoms with Gasteiger partial charge in [-0.05, 0) is 84.6 Å². The fraction of sp³-hybridized carbons (Fsp3) is 0.286. The number of nitrogens with zero attached hydrogens (tertiary/aromatic N) is 2. The van der Waals surface area contributed by atoms with Crippen molar-refractivity contribution in [2.75, 3.05) is 38.1 Å². The lowest BCUT2D eigenvalue weighted by molar-refractivity contribution is 0.0947. The lowest BCUT2D eigenvalue weighted by Crippen LogP contribution is -2.37. The zero-order valence-corrected chi connectivity index (χ0v) is 24.4. The highest BCUT2D eigenvalue weighted by Gasteiger charge is 2.16. The maximum atomic E-state index is 13.2. The number of hydrogen-bond donors (Lipinski definition) is 3. The van der Waals surface area contributed by atoms with Gasteiger partial charge in [0.2, 0.25) is 0 Å². The van der Waals surface area contributed by atoms with Crippen molar-refractivity contribution in [2.24, 2.45) is 0 Å². The molecule has 0 radical (unpaired) electrons. The van der Waals surface area contributed by atoms with Gasteiger partial charge in [-0.2, -0.15) is 0 Å². The lowest BCUT2D eigenvalue weighted by atomic mass is 9.94. The first-order valence-corrected chi connectivity index (χ1v) is 15.0. The molecule has 8 heteroatoms. The number of piperidine rings is 1. The number of likely N-dealkylation sites (tertiary alicyclic amines) is 1. The Kier molecular flexibility index (Phi) is 10.7. The number of pyridine rings is 1. The molecule has 3 amide bonds. The van der Waals surface area contributed by atoms with Crippen LogP contribution >= 0.6 is 0 Å². The fourth-order valence-corrected chi connectivity index (χ4v) is 5.30. The zero-order valence-electron chi connectivity index (χ0n) is 24.4. The molecule has 5 rings (SSSR count). The van der Waals surface area contributed by atoms with Gasteiger partial charge in [-0.3, -0.25) is 9.78 Å². The average molecular weight is 578 g/mol. The molecular formula is C35H39N5O3. The summed E-state index contributed by atoms with van der Waals surface area (Å²) in [6.45, 7) is 4.64. The number of carbonyl (C=O) groups is 2. The highest BCUT2D eigenvalue weighted by molar-refractivity contribution is 6.01. The molecule has 3 N–H and O–H groups in total. The number of anilines is 1. The van der Waals surface area contributed by atoms with Crippen molar-refractivity contribution in [3.05, 3.63) is 114 Å². The second-order valence-corrected chi connectivity index (χ2v) is 10.7. The van der Waals surface area contributed by atoms with Gasteiger partial charge in [-0.1, -0.05) is 55.0 Å². The second kappa shape index (κ2) is 15.5. The molecule has 0 saturated carbocycles. The fourth-order valence-electron chi connectivity index (χ4n) is 5.30. The minimum absolute atomic E-state index is 0.0434. The Morgan fingerprint density at radius 2 is 1.58 bits per heavy atom.